The lowest BCUT2D eigenvalue weighted by molar-refractivity contribution is 0.277. The zero-order valence-corrected chi connectivity index (χ0v) is 14.0. The molecule has 5 nitrogen and oxygen atoms in total. The molecule has 0 radical (unpaired) electrons. The summed E-state index contributed by atoms with van der Waals surface area (Å²) in [7, 11) is 0. The van der Waals surface area contributed by atoms with Crippen LogP contribution >= 0.6 is 0 Å². The fourth-order valence-electron chi connectivity index (χ4n) is 2.86. The highest BCUT2D eigenvalue weighted by molar-refractivity contribution is 5.78. The molecule has 1 aromatic carbocycles. The van der Waals surface area contributed by atoms with E-state index in [1.165, 1.54) is 25.0 Å². The molecular weight excluding hydrogens is 305 g/mol. The van der Waals surface area contributed by atoms with E-state index < -0.39 is 0 Å². The molecule has 6 heteroatoms. The van der Waals surface area contributed by atoms with Gasteiger partial charge in [0.25, 0.3) is 0 Å². The molecule has 0 spiro atoms. The van der Waals surface area contributed by atoms with E-state index in [0.717, 1.165) is 36.8 Å². The number of piperidine rings is 1. The maximum Gasteiger partial charge on any atom is 0.191 e. The Hall–Kier alpha value is -2.37. The summed E-state index contributed by atoms with van der Waals surface area (Å²) in [6.07, 6.45) is 4.97. The third-order valence-corrected chi connectivity index (χ3v) is 4.48. The maximum atomic E-state index is 13.0. The largest absolute Gasteiger partial charge is 0.370 e. The van der Waals surface area contributed by atoms with Crippen LogP contribution in [0.2, 0.25) is 0 Å². The third kappa shape index (κ3) is 4.13. The van der Waals surface area contributed by atoms with Crippen LogP contribution in [0.1, 0.15) is 25.5 Å². The molecule has 2 N–H and O–H groups in total. The van der Waals surface area contributed by atoms with Gasteiger partial charge in [-0.1, -0.05) is 6.92 Å². The predicted molar refractivity (Wildman–Crippen MR) is 93.7 cm³/mol. The summed E-state index contributed by atoms with van der Waals surface area (Å²) in [4.78, 5) is 6.65. The van der Waals surface area contributed by atoms with Crippen LogP contribution in [-0.4, -0.2) is 40.3 Å². The summed E-state index contributed by atoms with van der Waals surface area (Å²) in [5, 5.41) is 4.50. The van der Waals surface area contributed by atoms with Crippen LogP contribution < -0.4 is 5.73 Å². The Bertz CT molecular complexity index is 684. The smallest absolute Gasteiger partial charge is 0.191 e. The number of halogens is 1. The lowest BCUT2D eigenvalue weighted by Gasteiger charge is -2.31. The van der Waals surface area contributed by atoms with Gasteiger partial charge in [-0.15, -0.1) is 0 Å². The van der Waals surface area contributed by atoms with Gasteiger partial charge in [-0.2, -0.15) is 5.10 Å². The Balaban J connectivity index is 1.53. The van der Waals surface area contributed by atoms with Gasteiger partial charge in [-0.25, -0.2) is 9.07 Å². The molecule has 0 atom stereocenters. The molecule has 1 aromatic heterocycles. The summed E-state index contributed by atoms with van der Waals surface area (Å²) in [6.45, 7) is 4.89. The Morgan fingerprint density at radius 2 is 1.96 bits per heavy atom. The van der Waals surface area contributed by atoms with E-state index in [-0.39, 0.29) is 5.82 Å². The van der Waals surface area contributed by atoms with Crippen LogP contribution in [0.15, 0.2) is 41.5 Å². The number of aliphatic imine (C=N–C) groups is 1. The first-order chi connectivity index (χ1) is 11.6. The van der Waals surface area contributed by atoms with Crippen molar-refractivity contribution in [3.8, 4) is 5.69 Å². The van der Waals surface area contributed by atoms with Crippen LogP contribution in [0.5, 0.6) is 0 Å². The summed E-state index contributed by atoms with van der Waals surface area (Å²) in [6, 6.07) is 8.24. The van der Waals surface area contributed by atoms with Gasteiger partial charge in [0.05, 0.1) is 11.4 Å². The summed E-state index contributed by atoms with van der Waals surface area (Å²) >= 11 is 0. The van der Waals surface area contributed by atoms with E-state index in [1.807, 2.05) is 12.3 Å². The number of likely N-dealkylation sites (tertiary alicyclic amines) is 1. The molecule has 1 saturated heterocycles. The summed E-state index contributed by atoms with van der Waals surface area (Å²) < 4.78 is 14.7. The fourth-order valence-corrected chi connectivity index (χ4v) is 2.86. The number of aromatic nitrogens is 2. The van der Waals surface area contributed by atoms with E-state index in [2.05, 4.69) is 21.9 Å². The number of benzene rings is 1. The number of guanidine groups is 1. The van der Waals surface area contributed by atoms with Gasteiger partial charge in [0, 0.05) is 32.3 Å². The Morgan fingerprint density at radius 1 is 1.25 bits per heavy atom. The topological polar surface area (TPSA) is 59.4 Å². The first kappa shape index (κ1) is 16.5. The molecule has 128 valence electrons. The van der Waals surface area contributed by atoms with Crippen LogP contribution in [-0.2, 0) is 6.42 Å². The highest BCUT2D eigenvalue weighted by Gasteiger charge is 2.16. The zero-order chi connectivity index (χ0) is 16.9. The molecular formula is C18H24FN5. The number of nitrogens with two attached hydrogens (primary N) is 1. The molecule has 1 aliphatic rings. The average molecular weight is 329 g/mol. The molecule has 24 heavy (non-hydrogen) atoms. The molecule has 0 aliphatic carbocycles. The van der Waals surface area contributed by atoms with E-state index in [4.69, 9.17) is 5.73 Å². The Kier molecular flexibility index (Phi) is 5.13. The van der Waals surface area contributed by atoms with Crippen molar-refractivity contribution in [1.82, 2.24) is 14.7 Å². The van der Waals surface area contributed by atoms with E-state index in [9.17, 15) is 4.39 Å². The predicted octanol–water partition coefficient (Wildman–Crippen LogP) is 2.60. The van der Waals surface area contributed by atoms with Gasteiger partial charge in [-0.3, -0.25) is 4.99 Å². The van der Waals surface area contributed by atoms with Gasteiger partial charge >= 0.3 is 0 Å². The molecule has 0 saturated carbocycles. The number of hydrogen-bond donors (Lipinski definition) is 1. The van der Waals surface area contributed by atoms with Crippen LogP contribution in [0, 0.1) is 11.7 Å². The van der Waals surface area contributed by atoms with E-state index in [1.54, 1.807) is 16.8 Å². The number of rotatable bonds is 4. The minimum atomic E-state index is -0.247. The second-order valence-corrected chi connectivity index (χ2v) is 6.39. The second kappa shape index (κ2) is 7.47. The highest BCUT2D eigenvalue weighted by atomic mass is 19.1. The molecule has 1 aliphatic heterocycles. The quantitative estimate of drug-likeness (QED) is 0.693. The number of hydrogen-bond acceptors (Lipinski definition) is 2. The molecule has 2 aromatic rings. The standard InChI is InChI=1S/C18H24FN5/c1-14-7-11-23(12-8-14)18(20)21-10-6-16-9-13-24(22-16)17-4-2-15(19)3-5-17/h2-5,9,13-14H,6-8,10-12H2,1H3,(H2,20,21). The van der Waals surface area contributed by atoms with Crippen LogP contribution in [0.4, 0.5) is 4.39 Å². The first-order valence-corrected chi connectivity index (χ1v) is 8.47. The zero-order valence-electron chi connectivity index (χ0n) is 14.0. The SMILES string of the molecule is CC1CCN(C(N)=NCCc2ccn(-c3ccc(F)cc3)n2)CC1. The Labute approximate surface area is 142 Å². The molecule has 3 rings (SSSR count). The maximum absolute atomic E-state index is 13.0. The van der Waals surface area contributed by atoms with Crippen molar-refractivity contribution in [2.45, 2.75) is 26.2 Å². The van der Waals surface area contributed by atoms with Gasteiger partial charge in [0.2, 0.25) is 0 Å². The highest BCUT2D eigenvalue weighted by Crippen LogP contribution is 2.15. The minimum absolute atomic E-state index is 0.247. The van der Waals surface area contributed by atoms with Crippen molar-refractivity contribution in [3.63, 3.8) is 0 Å². The lowest BCUT2D eigenvalue weighted by Crippen LogP contribution is -2.42. The van der Waals surface area contributed by atoms with Gasteiger partial charge in [0.1, 0.15) is 5.82 Å². The molecule has 1 fully saturated rings. The fraction of sp³-hybridized carbons (Fsp3) is 0.444. The molecule has 2 heterocycles. The minimum Gasteiger partial charge on any atom is -0.370 e. The molecule has 0 amide bonds. The van der Waals surface area contributed by atoms with Crippen molar-refractivity contribution in [2.75, 3.05) is 19.6 Å². The summed E-state index contributed by atoms with van der Waals surface area (Å²) in [5.41, 5.74) is 7.87. The van der Waals surface area contributed by atoms with Gasteiger partial charge in [-0.05, 0) is 49.1 Å². The van der Waals surface area contributed by atoms with Crippen molar-refractivity contribution in [1.29, 1.82) is 0 Å². The van der Waals surface area contributed by atoms with Crippen molar-refractivity contribution in [3.05, 3.63) is 48.0 Å². The monoisotopic (exact) mass is 329 g/mol. The normalized spacial score (nSPS) is 16.6. The summed E-state index contributed by atoms with van der Waals surface area (Å²) in [5.74, 6) is 1.17. The first-order valence-electron chi connectivity index (χ1n) is 8.47. The van der Waals surface area contributed by atoms with Crippen molar-refractivity contribution < 1.29 is 4.39 Å². The molecule has 0 unspecified atom stereocenters. The third-order valence-electron chi connectivity index (χ3n) is 4.48. The van der Waals surface area contributed by atoms with Gasteiger partial charge < -0.3 is 10.6 Å². The van der Waals surface area contributed by atoms with Gasteiger partial charge in [0.15, 0.2) is 5.96 Å². The molecule has 0 bridgehead atoms. The number of nitrogens with zero attached hydrogens (tertiary/aromatic N) is 4. The van der Waals surface area contributed by atoms with Crippen LogP contribution in [0.25, 0.3) is 5.69 Å². The van der Waals surface area contributed by atoms with E-state index >= 15 is 0 Å². The van der Waals surface area contributed by atoms with Crippen molar-refractivity contribution in [2.24, 2.45) is 16.6 Å². The van der Waals surface area contributed by atoms with Crippen molar-refractivity contribution >= 4 is 5.96 Å². The lowest BCUT2D eigenvalue weighted by atomic mass is 10.00. The van der Waals surface area contributed by atoms with Crippen LogP contribution in [0.3, 0.4) is 0 Å². The van der Waals surface area contributed by atoms with E-state index in [0.29, 0.717) is 12.5 Å². The Morgan fingerprint density at radius 3 is 2.67 bits per heavy atom. The average Bonchev–Trinajstić information content (AvgIpc) is 3.05. The second-order valence-electron chi connectivity index (χ2n) is 6.39.